The van der Waals surface area contributed by atoms with Gasteiger partial charge in [0.15, 0.2) is 5.76 Å². The van der Waals surface area contributed by atoms with Crippen LogP contribution >= 0.6 is 0 Å². The third kappa shape index (κ3) is 2.78. The van der Waals surface area contributed by atoms with Crippen molar-refractivity contribution in [1.29, 1.82) is 0 Å². The molecule has 3 rings (SSSR count). The first-order valence-corrected chi connectivity index (χ1v) is 8.68. The molecule has 0 bridgehead atoms. The molecule has 9 heteroatoms. The predicted octanol–water partition coefficient (Wildman–Crippen LogP) is 0.984. The van der Waals surface area contributed by atoms with Crippen LogP contribution in [0.5, 0.6) is 0 Å². The third-order valence-corrected chi connectivity index (χ3v) is 6.07. The highest BCUT2D eigenvalue weighted by Crippen LogP contribution is 2.28. The van der Waals surface area contributed by atoms with Gasteiger partial charge in [0.2, 0.25) is 10.0 Å². The Morgan fingerprint density at radius 1 is 1.41 bits per heavy atom. The summed E-state index contributed by atoms with van der Waals surface area (Å²) in [7, 11) is -3.56. The Labute approximate surface area is 129 Å². The van der Waals surface area contributed by atoms with Gasteiger partial charge in [-0.2, -0.15) is 9.40 Å². The fourth-order valence-electron chi connectivity index (χ4n) is 2.96. The fraction of sp³-hybridized carbons (Fsp3) is 0.615. The number of nitrogens with zero attached hydrogens (tertiary/aromatic N) is 5. The van der Waals surface area contributed by atoms with Gasteiger partial charge in [0.1, 0.15) is 23.2 Å². The molecule has 1 aliphatic heterocycles. The van der Waals surface area contributed by atoms with E-state index in [9.17, 15) is 8.42 Å². The molecule has 3 heterocycles. The highest BCUT2D eigenvalue weighted by Gasteiger charge is 2.34. The van der Waals surface area contributed by atoms with Crippen LogP contribution in [0, 0.1) is 19.8 Å². The molecular weight excluding hydrogens is 306 g/mol. The Kier molecular flexibility index (Phi) is 4.00. The largest absolute Gasteiger partial charge is 0.360 e. The molecule has 0 amide bonds. The first-order chi connectivity index (χ1) is 10.5. The molecule has 0 radical (unpaired) electrons. The molecular formula is C13H19N5O3S. The second kappa shape index (κ2) is 5.81. The molecule has 0 N–H and O–H groups in total. The van der Waals surface area contributed by atoms with Gasteiger partial charge in [-0.15, -0.1) is 0 Å². The van der Waals surface area contributed by atoms with Crippen LogP contribution in [-0.4, -0.2) is 45.7 Å². The lowest BCUT2D eigenvalue weighted by Crippen LogP contribution is -2.41. The van der Waals surface area contributed by atoms with Crippen molar-refractivity contribution in [1.82, 2.24) is 24.2 Å². The summed E-state index contributed by atoms with van der Waals surface area (Å²) in [6, 6.07) is 0. The summed E-state index contributed by atoms with van der Waals surface area (Å²) in [6.45, 7) is 4.96. The van der Waals surface area contributed by atoms with Crippen LogP contribution in [0.15, 0.2) is 22.1 Å². The second-order valence-electron chi connectivity index (χ2n) is 5.64. The third-order valence-electron chi connectivity index (χ3n) is 3.96. The van der Waals surface area contributed by atoms with E-state index in [1.165, 1.54) is 10.6 Å². The molecule has 1 fully saturated rings. The maximum Gasteiger partial charge on any atom is 0.248 e. The summed E-state index contributed by atoms with van der Waals surface area (Å²) in [5.74, 6) is 0.571. The highest BCUT2D eigenvalue weighted by atomic mass is 32.2. The van der Waals surface area contributed by atoms with Gasteiger partial charge in [0.05, 0.1) is 0 Å². The van der Waals surface area contributed by atoms with E-state index in [0.29, 0.717) is 31.1 Å². The van der Waals surface area contributed by atoms with Gasteiger partial charge in [-0.05, 0) is 32.6 Å². The Bertz CT molecular complexity index is 718. The number of aromatic nitrogens is 4. The van der Waals surface area contributed by atoms with Gasteiger partial charge in [-0.1, -0.05) is 5.16 Å². The first kappa shape index (κ1) is 15.2. The van der Waals surface area contributed by atoms with Crippen molar-refractivity contribution in [3.8, 4) is 0 Å². The van der Waals surface area contributed by atoms with E-state index in [4.69, 9.17) is 4.52 Å². The van der Waals surface area contributed by atoms with Gasteiger partial charge in [-0.3, -0.25) is 4.68 Å². The van der Waals surface area contributed by atoms with Gasteiger partial charge < -0.3 is 4.52 Å². The van der Waals surface area contributed by atoms with Crippen molar-refractivity contribution in [2.45, 2.75) is 38.1 Å². The molecule has 0 aromatic carbocycles. The number of hydrogen-bond acceptors (Lipinski definition) is 6. The Morgan fingerprint density at radius 3 is 2.86 bits per heavy atom. The van der Waals surface area contributed by atoms with E-state index >= 15 is 0 Å². The standard InChI is InChI=1S/C13H19N5O3S/c1-10-13(11(2)21-16-10)22(19,20)18-5-3-4-12(7-18)6-17-9-14-8-15-17/h8-9,12H,3-7H2,1-2H3/t12-/m0/s1. The minimum Gasteiger partial charge on any atom is -0.360 e. The number of sulfonamides is 1. The van der Waals surface area contributed by atoms with Crippen molar-refractivity contribution >= 4 is 10.0 Å². The number of hydrogen-bond donors (Lipinski definition) is 0. The van der Waals surface area contributed by atoms with Crippen LogP contribution in [0.1, 0.15) is 24.3 Å². The number of aryl methyl sites for hydroxylation is 2. The second-order valence-corrected chi connectivity index (χ2v) is 7.52. The van der Waals surface area contributed by atoms with Crippen LogP contribution < -0.4 is 0 Å². The summed E-state index contributed by atoms with van der Waals surface area (Å²) in [6.07, 6.45) is 4.96. The zero-order valence-electron chi connectivity index (χ0n) is 12.6. The minimum atomic E-state index is -3.56. The Balaban J connectivity index is 1.79. The molecule has 22 heavy (non-hydrogen) atoms. The van der Waals surface area contributed by atoms with Gasteiger partial charge in [0, 0.05) is 19.6 Å². The molecule has 1 saturated heterocycles. The van der Waals surface area contributed by atoms with Crippen molar-refractivity contribution in [3.05, 3.63) is 24.1 Å². The Hall–Kier alpha value is -1.74. The van der Waals surface area contributed by atoms with Crippen molar-refractivity contribution in [2.75, 3.05) is 13.1 Å². The normalized spacial score (nSPS) is 20.4. The van der Waals surface area contributed by atoms with Gasteiger partial charge >= 0.3 is 0 Å². The lowest BCUT2D eigenvalue weighted by atomic mass is 10.00. The summed E-state index contributed by atoms with van der Waals surface area (Å²) in [5, 5.41) is 7.84. The van der Waals surface area contributed by atoms with Crippen LogP contribution in [0.25, 0.3) is 0 Å². The molecule has 0 spiro atoms. The SMILES string of the molecule is Cc1noc(C)c1S(=O)(=O)N1CCC[C@@H](Cn2cncn2)C1. The fourth-order valence-corrected chi connectivity index (χ4v) is 4.80. The first-order valence-electron chi connectivity index (χ1n) is 7.24. The van der Waals surface area contributed by atoms with Crippen LogP contribution in [0.3, 0.4) is 0 Å². The number of piperidine rings is 1. The van der Waals surface area contributed by atoms with Crippen LogP contribution in [0.4, 0.5) is 0 Å². The molecule has 120 valence electrons. The summed E-state index contributed by atoms with van der Waals surface area (Å²) in [5.41, 5.74) is 0.413. The van der Waals surface area contributed by atoms with E-state index < -0.39 is 10.0 Å². The van der Waals surface area contributed by atoms with E-state index in [0.717, 1.165) is 12.8 Å². The average molecular weight is 325 g/mol. The quantitative estimate of drug-likeness (QED) is 0.832. The number of rotatable bonds is 4. The van der Waals surface area contributed by atoms with E-state index in [2.05, 4.69) is 15.2 Å². The average Bonchev–Trinajstić information content (AvgIpc) is 3.09. The molecule has 1 atom stereocenters. The maximum absolute atomic E-state index is 12.8. The highest BCUT2D eigenvalue weighted by molar-refractivity contribution is 7.89. The monoisotopic (exact) mass is 325 g/mol. The molecule has 8 nitrogen and oxygen atoms in total. The maximum atomic E-state index is 12.8. The zero-order valence-corrected chi connectivity index (χ0v) is 13.5. The van der Waals surface area contributed by atoms with Gasteiger partial charge in [0.25, 0.3) is 0 Å². The zero-order chi connectivity index (χ0) is 15.7. The summed E-state index contributed by atoms with van der Waals surface area (Å²) < 4.78 is 33.9. The van der Waals surface area contributed by atoms with E-state index in [1.54, 1.807) is 24.9 Å². The summed E-state index contributed by atoms with van der Waals surface area (Å²) in [4.78, 5) is 4.12. The molecule has 0 saturated carbocycles. The van der Waals surface area contributed by atoms with Gasteiger partial charge in [-0.25, -0.2) is 13.4 Å². The molecule has 2 aromatic rings. The molecule has 1 aliphatic rings. The minimum absolute atomic E-state index is 0.203. The van der Waals surface area contributed by atoms with Crippen LogP contribution in [0.2, 0.25) is 0 Å². The summed E-state index contributed by atoms with van der Waals surface area (Å²) >= 11 is 0. The van der Waals surface area contributed by atoms with Crippen molar-refractivity contribution in [3.63, 3.8) is 0 Å². The van der Waals surface area contributed by atoms with E-state index in [-0.39, 0.29) is 10.8 Å². The molecule has 0 unspecified atom stereocenters. The molecule has 0 aliphatic carbocycles. The van der Waals surface area contributed by atoms with Crippen LogP contribution in [-0.2, 0) is 16.6 Å². The topological polar surface area (TPSA) is 94.1 Å². The lowest BCUT2D eigenvalue weighted by molar-refractivity contribution is 0.239. The Morgan fingerprint density at radius 2 is 2.23 bits per heavy atom. The molecule has 2 aromatic heterocycles. The lowest BCUT2D eigenvalue weighted by Gasteiger charge is -2.31. The van der Waals surface area contributed by atoms with E-state index in [1.807, 2.05) is 0 Å². The van der Waals surface area contributed by atoms with Crippen molar-refractivity contribution in [2.24, 2.45) is 5.92 Å². The van der Waals surface area contributed by atoms with Crippen molar-refractivity contribution < 1.29 is 12.9 Å². The smallest absolute Gasteiger partial charge is 0.248 e. The predicted molar refractivity (Wildman–Crippen MR) is 77.5 cm³/mol.